The third kappa shape index (κ3) is 3.25. The molecule has 110 valence electrons. The Kier molecular flexibility index (Phi) is 4.32. The number of carbonyl (C=O) groups is 1. The molecule has 0 radical (unpaired) electrons. The molecule has 0 aliphatic heterocycles. The van der Waals surface area contributed by atoms with E-state index in [4.69, 9.17) is 10.5 Å². The molecule has 21 heavy (non-hydrogen) atoms. The van der Waals surface area contributed by atoms with Crippen molar-refractivity contribution in [3.05, 3.63) is 53.2 Å². The standard InChI is InChI=1S/C14H13F2N3O2/c1-21-12-5-2-8(6-19-12)18-7-10-11(15)4-3-9(13(10)16)14(17)20/h2-6,18H,7H2,1H3,(H2,17,20). The molecule has 1 aromatic carbocycles. The van der Waals surface area contributed by atoms with Crippen LogP contribution in [-0.2, 0) is 6.54 Å². The number of anilines is 1. The lowest BCUT2D eigenvalue weighted by Crippen LogP contribution is -2.16. The van der Waals surface area contributed by atoms with Crippen molar-refractivity contribution >= 4 is 11.6 Å². The molecule has 7 heteroatoms. The van der Waals surface area contributed by atoms with Crippen LogP contribution in [0.15, 0.2) is 30.5 Å². The zero-order valence-electron chi connectivity index (χ0n) is 11.2. The van der Waals surface area contributed by atoms with Gasteiger partial charge in [-0.15, -0.1) is 0 Å². The van der Waals surface area contributed by atoms with Gasteiger partial charge in [0.25, 0.3) is 5.91 Å². The van der Waals surface area contributed by atoms with Crippen LogP contribution in [0.1, 0.15) is 15.9 Å². The van der Waals surface area contributed by atoms with E-state index in [0.717, 1.165) is 12.1 Å². The Bertz CT molecular complexity index is 660. The van der Waals surface area contributed by atoms with Crippen LogP contribution in [0, 0.1) is 11.6 Å². The first kappa shape index (κ1) is 14.7. The molecule has 1 aromatic heterocycles. The Morgan fingerprint density at radius 1 is 1.33 bits per heavy atom. The van der Waals surface area contributed by atoms with Gasteiger partial charge in [0.1, 0.15) is 11.6 Å². The SMILES string of the molecule is COc1ccc(NCc2c(F)ccc(C(N)=O)c2F)cn1. The molecule has 0 aliphatic rings. The van der Waals surface area contributed by atoms with Gasteiger partial charge in [0.05, 0.1) is 24.6 Å². The second-order valence-electron chi connectivity index (χ2n) is 4.19. The molecule has 2 rings (SSSR count). The molecule has 0 atom stereocenters. The van der Waals surface area contributed by atoms with E-state index in [9.17, 15) is 13.6 Å². The van der Waals surface area contributed by atoms with Gasteiger partial charge in [-0.3, -0.25) is 4.79 Å². The molecule has 0 saturated heterocycles. The number of hydrogen-bond donors (Lipinski definition) is 2. The summed E-state index contributed by atoms with van der Waals surface area (Å²) in [6.07, 6.45) is 1.46. The Labute approximate surface area is 119 Å². The number of nitrogens with zero attached hydrogens (tertiary/aromatic N) is 1. The highest BCUT2D eigenvalue weighted by Gasteiger charge is 2.16. The van der Waals surface area contributed by atoms with Gasteiger partial charge >= 0.3 is 0 Å². The lowest BCUT2D eigenvalue weighted by Gasteiger charge is -2.10. The number of rotatable bonds is 5. The molecule has 1 heterocycles. The van der Waals surface area contributed by atoms with Crippen LogP contribution in [0.3, 0.4) is 0 Å². The maximum Gasteiger partial charge on any atom is 0.251 e. The molecule has 0 spiro atoms. The average molecular weight is 293 g/mol. The quantitative estimate of drug-likeness (QED) is 0.884. The smallest absolute Gasteiger partial charge is 0.251 e. The maximum atomic E-state index is 14.0. The zero-order valence-corrected chi connectivity index (χ0v) is 11.2. The predicted octanol–water partition coefficient (Wildman–Crippen LogP) is 2.08. The summed E-state index contributed by atoms with van der Waals surface area (Å²) in [5.74, 6) is -2.24. The summed E-state index contributed by atoms with van der Waals surface area (Å²) in [5.41, 5.74) is 4.97. The molecular weight excluding hydrogens is 280 g/mol. The van der Waals surface area contributed by atoms with Crippen molar-refractivity contribution in [1.82, 2.24) is 4.98 Å². The number of pyridine rings is 1. The van der Waals surface area contributed by atoms with Crippen molar-refractivity contribution in [2.24, 2.45) is 5.73 Å². The van der Waals surface area contributed by atoms with Gasteiger partial charge in [-0.2, -0.15) is 0 Å². The normalized spacial score (nSPS) is 10.2. The van der Waals surface area contributed by atoms with Gasteiger partial charge in [-0.05, 0) is 18.2 Å². The Balaban J connectivity index is 2.19. The number of nitrogens with one attached hydrogen (secondary N) is 1. The Hall–Kier alpha value is -2.70. The summed E-state index contributed by atoms with van der Waals surface area (Å²) in [7, 11) is 1.48. The first-order chi connectivity index (χ1) is 10.0. The number of primary amides is 1. The lowest BCUT2D eigenvalue weighted by molar-refractivity contribution is 0.0996. The maximum absolute atomic E-state index is 14.0. The summed E-state index contributed by atoms with van der Waals surface area (Å²) in [5, 5.41) is 2.81. The van der Waals surface area contributed by atoms with Crippen LogP contribution in [0.25, 0.3) is 0 Å². The van der Waals surface area contributed by atoms with E-state index < -0.39 is 17.5 Å². The van der Waals surface area contributed by atoms with Crippen molar-refractivity contribution in [2.45, 2.75) is 6.54 Å². The van der Waals surface area contributed by atoms with Crippen LogP contribution in [0.4, 0.5) is 14.5 Å². The summed E-state index contributed by atoms with van der Waals surface area (Å²) >= 11 is 0. The van der Waals surface area contributed by atoms with E-state index >= 15 is 0 Å². The van der Waals surface area contributed by atoms with Crippen molar-refractivity contribution in [3.63, 3.8) is 0 Å². The lowest BCUT2D eigenvalue weighted by atomic mass is 10.1. The van der Waals surface area contributed by atoms with Gasteiger partial charge in [-0.25, -0.2) is 13.8 Å². The summed E-state index contributed by atoms with van der Waals surface area (Å²) < 4.78 is 32.5. The number of nitrogens with two attached hydrogens (primary N) is 1. The Morgan fingerprint density at radius 2 is 2.10 bits per heavy atom. The van der Waals surface area contributed by atoms with E-state index in [1.165, 1.54) is 13.3 Å². The van der Waals surface area contributed by atoms with E-state index in [1.807, 2.05) is 0 Å². The second-order valence-corrected chi connectivity index (χ2v) is 4.19. The topological polar surface area (TPSA) is 77.2 Å². The number of amides is 1. The average Bonchev–Trinajstić information content (AvgIpc) is 2.47. The van der Waals surface area contributed by atoms with Crippen molar-refractivity contribution in [2.75, 3.05) is 12.4 Å². The molecule has 0 saturated carbocycles. The van der Waals surface area contributed by atoms with Crippen LogP contribution in [0.5, 0.6) is 5.88 Å². The molecule has 3 N–H and O–H groups in total. The van der Waals surface area contributed by atoms with Crippen molar-refractivity contribution in [3.8, 4) is 5.88 Å². The number of halogens is 2. The van der Waals surface area contributed by atoms with Crippen molar-refractivity contribution < 1.29 is 18.3 Å². The fraction of sp³-hybridized carbons (Fsp3) is 0.143. The number of benzene rings is 1. The van der Waals surface area contributed by atoms with E-state index in [0.29, 0.717) is 11.6 Å². The molecule has 5 nitrogen and oxygen atoms in total. The minimum absolute atomic E-state index is 0.146. The van der Waals surface area contributed by atoms with Crippen LogP contribution >= 0.6 is 0 Å². The minimum atomic E-state index is -0.962. The van der Waals surface area contributed by atoms with Crippen LogP contribution < -0.4 is 15.8 Å². The largest absolute Gasteiger partial charge is 0.481 e. The number of ether oxygens (including phenoxy) is 1. The number of carbonyl (C=O) groups excluding carboxylic acids is 1. The molecule has 1 amide bonds. The van der Waals surface area contributed by atoms with E-state index in [2.05, 4.69) is 10.3 Å². The summed E-state index contributed by atoms with van der Waals surface area (Å²) in [6.45, 7) is -0.146. The number of hydrogen-bond acceptors (Lipinski definition) is 4. The third-order valence-corrected chi connectivity index (χ3v) is 2.87. The molecule has 0 fully saturated rings. The fourth-order valence-corrected chi connectivity index (χ4v) is 1.75. The number of aromatic nitrogens is 1. The molecule has 0 unspecified atom stereocenters. The van der Waals surface area contributed by atoms with Gasteiger partial charge in [-0.1, -0.05) is 0 Å². The predicted molar refractivity (Wildman–Crippen MR) is 73.0 cm³/mol. The second kappa shape index (κ2) is 6.17. The van der Waals surface area contributed by atoms with E-state index in [1.54, 1.807) is 12.1 Å². The van der Waals surface area contributed by atoms with Crippen molar-refractivity contribution in [1.29, 1.82) is 0 Å². The Morgan fingerprint density at radius 3 is 2.67 bits per heavy atom. The van der Waals surface area contributed by atoms with Crippen LogP contribution in [-0.4, -0.2) is 18.0 Å². The molecule has 2 aromatic rings. The third-order valence-electron chi connectivity index (χ3n) is 2.87. The molecular formula is C14H13F2N3O2. The van der Waals surface area contributed by atoms with E-state index in [-0.39, 0.29) is 17.7 Å². The zero-order chi connectivity index (χ0) is 15.4. The summed E-state index contributed by atoms with van der Waals surface area (Å²) in [6, 6.07) is 5.28. The first-order valence-corrected chi connectivity index (χ1v) is 6.03. The number of methoxy groups -OCH3 is 1. The van der Waals surface area contributed by atoms with Gasteiger partial charge < -0.3 is 15.8 Å². The highest BCUT2D eigenvalue weighted by molar-refractivity contribution is 5.93. The van der Waals surface area contributed by atoms with Gasteiger partial charge in [0, 0.05) is 18.2 Å². The first-order valence-electron chi connectivity index (χ1n) is 6.03. The van der Waals surface area contributed by atoms with Crippen LogP contribution in [0.2, 0.25) is 0 Å². The van der Waals surface area contributed by atoms with Gasteiger partial charge in [0.15, 0.2) is 0 Å². The minimum Gasteiger partial charge on any atom is -0.481 e. The fourth-order valence-electron chi connectivity index (χ4n) is 1.75. The molecule has 0 bridgehead atoms. The highest BCUT2D eigenvalue weighted by Crippen LogP contribution is 2.19. The van der Waals surface area contributed by atoms with Gasteiger partial charge in [0.2, 0.25) is 5.88 Å². The summed E-state index contributed by atoms with van der Waals surface area (Å²) in [4.78, 5) is 15.0. The monoisotopic (exact) mass is 293 g/mol. The molecule has 0 aliphatic carbocycles. The highest BCUT2D eigenvalue weighted by atomic mass is 19.1.